The molecule has 0 amide bonds. The van der Waals surface area contributed by atoms with E-state index in [0.29, 0.717) is 0 Å². The Labute approximate surface area is 101 Å². The first-order valence-electron chi connectivity index (χ1n) is 3.32. The van der Waals surface area contributed by atoms with Crippen LogP contribution in [0.15, 0.2) is 22.7 Å². The second-order valence-electron chi connectivity index (χ2n) is 2.27. The minimum absolute atomic E-state index is 0. The Morgan fingerprint density at radius 3 is 2.75 bits per heavy atom. The topological polar surface area (TPSA) is 12.0 Å². The Bertz CT molecular complexity index is 255. The Morgan fingerprint density at radius 2 is 2.17 bits per heavy atom. The second-order valence-corrected chi connectivity index (χ2v) is 4.34. The molecule has 0 aliphatic heterocycles. The molecule has 0 saturated carbocycles. The summed E-state index contributed by atoms with van der Waals surface area (Å²) in [5.41, 5.74) is 1.34. The van der Waals surface area contributed by atoms with Crippen LogP contribution in [0, 0.1) is 3.57 Å². The molecule has 1 aromatic carbocycles. The lowest BCUT2D eigenvalue weighted by Gasteiger charge is -2.03. The van der Waals surface area contributed by atoms with Gasteiger partial charge < -0.3 is 5.32 Å². The highest BCUT2D eigenvalue weighted by Gasteiger charge is 1.97. The van der Waals surface area contributed by atoms with Crippen LogP contribution >= 0.6 is 50.9 Å². The summed E-state index contributed by atoms with van der Waals surface area (Å²) >= 11 is 5.77. The van der Waals surface area contributed by atoms with Crippen molar-refractivity contribution in [3.63, 3.8) is 0 Å². The SMILES string of the molecule is CNCc1cc(Br)ccc1I.Cl. The smallest absolute Gasteiger partial charge is 0.0213 e. The first-order chi connectivity index (χ1) is 5.24. The van der Waals surface area contributed by atoms with Gasteiger partial charge in [-0.3, -0.25) is 0 Å². The summed E-state index contributed by atoms with van der Waals surface area (Å²) in [6.07, 6.45) is 0. The number of hydrogen-bond acceptors (Lipinski definition) is 1. The van der Waals surface area contributed by atoms with E-state index in [9.17, 15) is 0 Å². The molecule has 0 atom stereocenters. The van der Waals surface area contributed by atoms with Gasteiger partial charge in [0, 0.05) is 14.6 Å². The van der Waals surface area contributed by atoms with Crippen LogP contribution in [-0.2, 0) is 6.54 Å². The molecule has 0 bridgehead atoms. The molecule has 4 heteroatoms. The Balaban J connectivity index is 0.00000121. The Morgan fingerprint density at radius 1 is 1.50 bits per heavy atom. The summed E-state index contributed by atoms with van der Waals surface area (Å²) in [6.45, 7) is 0.928. The van der Waals surface area contributed by atoms with Crippen molar-refractivity contribution in [1.29, 1.82) is 0 Å². The van der Waals surface area contributed by atoms with Crippen LogP contribution in [-0.4, -0.2) is 7.05 Å². The van der Waals surface area contributed by atoms with Crippen LogP contribution in [0.25, 0.3) is 0 Å². The van der Waals surface area contributed by atoms with Gasteiger partial charge in [0.1, 0.15) is 0 Å². The quantitative estimate of drug-likeness (QED) is 0.797. The highest BCUT2D eigenvalue weighted by molar-refractivity contribution is 14.1. The highest BCUT2D eigenvalue weighted by atomic mass is 127. The largest absolute Gasteiger partial charge is 0.316 e. The molecule has 1 rings (SSSR count). The molecule has 0 fully saturated rings. The predicted molar refractivity (Wildman–Crippen MR) is 66.9 cm³/mol. The molecule has 0 saturated heterocycles. The summed E-state index contributed by atoms with van der Waals surface area (Å²) < 4.78 is 2.45. The zero-order chi connectivity index (χ0) is 8.27. The molecule has 0 aliphatic rings. The Hall–Kier alpha value is 0.680. The molecule has 1 nitrogen and oxygen atoms in total. The summed E-state index contributed by atoms with van der Waals surface area (Å²) in [7, 11) is 1.96. The van der Waals surface area contributed by atoms with Crippen LogP contribution in [0.1, 0.15) is 5.56 Å². The predicted octanol–water partition coefficient (Wildman–Crippen LogP) is 3.19. The van der Waals surface area contributed by atoms with Gasteiger partial charge >= 0.3 is 0 Å². The number of halogens is 3. The fourth-order valence-corrected chi connectivity index (χ4v) is 1.80. The molecular weight excluding hydrogens is 352 g/mol. The second kappa shape index (κ2) is 6.18. The molecule has 0 spiro atoms. The van der Waals surface area contributed by atoms with E-state index < -0.39 is 0 Å². The van der Waals surface area contributed by atoms with Gasteiger partial charge in [-0.15, -0.1) is 12.4 Å². The number of rotatable bonds is 2. The van der Waals surface area contributed by atoms with Crippen molar-refractivity contribution in [2.45, 2.75) is 6.54 Å². The molecule has 1 aromatic rings. The maximum absolute atomic E-state index is 3.44. The molecule has 0 unspecified atom stereocenters. The van der Waals surface area contributed by atoms with Gasteiger partial charge in [-0.2, -0.15) is 0 Å². The first kappa shape index (κ1) is 12.7. The van der Waals surface area contributed by atoms with Gasteiger partial charge in [-0.05, 0) is 53.4 Å². The monoisotopic (exact) mass is 361 g/mol. The van der Waals surface area contributed by atoms with E-state index in [1.165, 1.54) is 9.13 Å². The molecule has 0 radical (unpaired) electrons. The third kappa shape index (κ3) is 3.60. The molecule has 12 heavy (non-hydrogen) atoms. The highest BCUT2D eigenvalue weighted by Crippen LogP contribution is 2.17. The summed E-state index contributed by atoms with van der Waals surface area (Å²) in [6, 6.07) is 6.30. The van der Waals surface area contributed by atoms with Gasteiger partial charge in [0.2, 0.25) is 0 Å². The lowest BCUT2D eigenvalue weighted by Crippen LogP contribution is -2.06. The lowest BCUT2D eigenvalue weighted by atomic mass is 10.2. The van der Waals surface area contributed by atoms with Gasteiger partial charge in [0.25, 0.3) is 0 Å². The normalized spacial score (nSPS) is 9.25. The third-order valence-corrected chi connectivity index (χ3v) is 2.92. The van der Waals surface area contributed by atoms with E-state index in [2.05, 4.69) is 62.0 Å². The first-order valence-corrected chi connectivity index (χ1v) is 5.19. The van der Waals surface area contributed by atoms with Crippen molar-refractivity contribution in [3.8, 4) is 0 Å². The van der Waals surface area contributed by atoms with Gasteiger partial charge in [0.05, 0.1) is 0 Å². The van der Waals surface area contributed by atoms with Crippen molar-refractivity contribution in [1.82, 2.24) is 5.32 Å². The molecule has 68 valence electrons. The molecule has 1 N–H and O–H groups in total. The number of hydrogen-bond donors (Lipinski definition) is 1. The fraction of sp³-hybridized carbons (Fsp3) is 0.250. The van der Waals surface area contributed by atoms with Crippen molar-refractivity contribution >= 4 is 50.9 Å². The van der Waals surface area contributed by atoms with Gasteiger partial charge in [-0.1, -0.05) is 15.9 Å². The fourth-order valence-electron chi connectivity index (χ4n) is 0.869. The summed E-state index contributed by atoms with van der Waals surface area (Å²) in [4.78, 5) is 0. The van der Waals surface area contributed by atoms with E-state index in [0.717, 1.165) is 11.0 Å². The summed E-state index contributed by atoms with van der Waals surface area (Å²) in [5.74, 6) is 0. The maximum Gasteiger partial charge on any atom is 0.0213 e. The molecule has 0 aromatic heterocycles. The zero-order valence-corrected chi connectivity index (χ0v) is 11.2. The van der Waals surface area contributed by atoms with Crippen molar-refractivity contribution in [3.05, 3.63) is 31.8 Å². The van der Waals surface area contributed by atoms with Crippen LogP contribution in [0.5, 0.6) is 0 Å². The third-order valence-electron chi connectivity index (χ3n) is 1.37. The molecule has 0 aliphatic carbocycles. The van der Waals surface area contributed by atoms with Gasteiger partial charge in [-0.25, -0.2) is 0 Å². The average molecular weight is 362 g/mol. The minimum atomic E-state index is 0. The summed E-state index contributed by atoms with van der Waals surface area (Å²) in [5, 5.41) is 3.13. The Kier molecular flexibility index (Phi) is 6.53. The minimum Gasteiger partial charge on any atom is -0.316 e. The van der Waals surface area contributed by atoms with E-state index in [-0.39, 0.29) is 12.4 Å². The van der Waals surface area contributed by atoms with Crippen LogP contribution in [0.3, 0.4) is 0 Å². The number of benzene rings is 1. The van der Waals surface area contributed by atoms with E-state index in [4.69, 9.17) is 0 Å². The van der Waals surface area contributed by atoms with Crippen LogP contribution in [0.4, 0.5) is 0 Å². The lowest BCUT2D eigenvalue weighted by molar-refractivity contribution is 0.813. The van der Waals surface area contributed by atoms with Crippen LogP contribution < -0.4 is 5.32 Å². The molecule has 0 heterocycles. The van der Waals surface area contributed by atoms with Crippen molar-refractivity contribution in [2.75, 3.05) is 7.05 Å². The van der Waals surface area contributed by atoms with Crippen LogP contribution in [0.2, 0.25) is 0 Å². The zero-order valence-electron chi connectivity index (χ0n) is 6.60. The van der Waals surface area contributed by atoms with E-state index >= 15 is 0 Å². The maximum atomic E-state index is 3.44. The van der Waals surface area contributed by atoms with Crippen molar-refractivity contribution in [2.24, 2.45) is 0 Å². The van der Waals surface area contributed by atoms with Gasteiger partial charge in [0.15, 0.2) is 0 Å². The van der Waals surface area contributed by atoms with E-state index in [1.54, 1.807) is 0 Å². The van der Waals surface area contributed by atoms with Crippen molar-refractivity contribution < 1.29 is 0 Å². The average Bonchev–Trinajstić information content (AvgIpc) is 1.98. The van der Waals surface area contributed by atoms with E-state index in [1.807, 2.05) is 7.05 Å². The number of nitrogens with one attached hydrogen (secondary N) is 1. The standard InChI is InChI=1S/C8H9BrIN.ClH/c1-11-5-6-4-7(9)2-3-8(6)10;/h2-4,11H,5H2,1H3;1H. The molecular formula is C8H10BrClIN.